The molecule has 1 N–H and O–H groups in total. The lowest BCUT2D eigenvalue weighted by molar-refractivity contribution is -0.137. The van der Waals surface area contributed by atoms with Crippen molar-refractivity contribution in [1.29, 1.82) is 0 Å². The molecule has 1 aliphatic rings. The topological polar surface area (TPSA) is 46.5 Å². The third kappa shape index (κ3) is 1.76. The van der Waals surface area contributed by atoms with Gasteiger partial charge in [0.2, 0.25) is 0 Å². The quantitative estimate of drug-likeness (QED) is 0.576. The maximum atomic E-state index is 11.4. The number of aromatic hydroxyl groups is 1. The molecule has 0 amide bonds. The SMILES string of the molecule is CC1(C)CC(=O)Oc2cc(Br)c(O)c(Br)c21. The molecule has 0 atom stereocenters. The molecule has 5 heteroatoms. The maximum absolute atomic E-state index is 11.4. The van der Waals surface area contributed by atoms with Gasteiger partial charge in [-0.1, -0.05) is 13.8 Å². The summed E-state index contributed by atoms with van der Waals surface area (Å²) in [5.41, 5.74) is 0.481. The predicted octanol–water partition coefficient (Wildman–Crippen LogP) is 3.50. The zero-order valence-electron chi connectivity index (χ0n) is 8.80. The van der Waals surface area contributed by atoms with Gasteiger partial charge in [-0.25, -0.2) is 0 Å². The molecular formula is C11H10Br2O3. The number of hydrogen-bond acceptors (Lipinski definition) is 3. The number of hydrogen-bond donors (Lipinski definition) is 1. The Balaban J connectivity index is 2.74. The second-order valence-corrected chi connectivity index (χ2v) is 6.08. The Bertz CT molecular complexity index is 481. The Morgan fingerprint density at radius 2 is 2.06 bits per heavy atom. The third-order valence-corrected chi connectivity index (χ3v) is 4.02. The van der Waals surface area contributed by atoms with Crippen molar-refractivity contribution in [2.45, 2.75) is 25.7 Å². The van der Waals surface area contributed by atoms with Crippen molar-refractivity contribution in [3.63, 3.8) is 0 Å². The first-order valence-electron chi connectivity index (χ1n) is 4.75. The molecule has 1 aromatic carbocycles. The number of benzene rings is 1. The molecule has 1 aromatic rings. The van der Waals surface area contributed by atoms with E-state index in [0.717, 1.165) is 5.56 Å². The van der Waals surface area contributed by atoms with E-state index < -0.39 is 0 Å². The molecule has 0 saturated heterocycles. The zero-order valence-corrected chi connectivity index (χ0v) is 12.0. The Morgan fingerprint density at radius 1 is 1.44 bits per heavy atom. The second-order valence-electron chi connectivity index (χ2n) is 4.43. The van der Waals surface area contributed by atoms with Crippen LogP contribution in [0.15, 0.2) is 15.0 Å². The number of ether oxygens (including phenoxy) is 1. The molecule has 0 unspecified atom stereocenters. The average Bonchev–Trinajstić information content (AvgIpc) is 2.11. The van der Waals surface area contributed by atoms with Crippen LogP contribution in [0.5, 0.6) is 11.5 Å². The fraction of sp³-hybridized carbons (Fsp3) is 0.364. The fourth-order valence-electron chi connectivity index (χ4n) is 1.91. The average molecular weight is 350 g/mol. The lowest BCUT2D eigenvalue weighted by Crippen LogP contribution is -2.31. The van der Waals surface area contributed by atoms with Gasteiger partial charge in [0.15, 0.2) is 0 Å². The number of halogens is 2. The van der Waals surface area contributed by atoms with E-state index in [1.807, 2.05) is 13.8 Å². The first kappa shape index (κ1) is 11.9. The predicted molar refractivity (Wildman–Crippen MR) is 66.8 cm³/mol. The lowest BCUT2D eigenvalue weighted by atomic mass is 9.79. The van der Waals surface area contributed by atoms with Crippen LogP contribution in [-0.2, 0) is 10.2 Å². The highest BCUT2D eigenvalue weighted by molar-refractivity contribution is 9.11. The molecule has 0 saturated carbocycles. The largest absolute Gasteiger partial charge is 0.506 e. The van der Waals surface area contributed by atoms with E-state index in [9.17, 15) is 9.90 Å². The molecule has 0 aliphatic carbocycles. The summed E-state index contributed by atoms with van der Waals surface area (Å²) in [4.78, 5) is 11.4. The Hall–Kier alpha value is -0.550. The van der Waals surface area contributed by atoms with Crippen LogP contribution in [0.3, 0.4) is 0 Å². The summed E-state index contributed by atoms with van der Waals surface area (Å²) in [6, 6.07) is 1.62. The van der Waals surface area contributed by atoms with Crippen LogP contribution in [-0.4, -0.2) is 11.1 Å². The highest BCUT2D eigenvalue weighted by Gasteiger charge is 2.37. The Morgan fingerprint density at radius 3 is 2.69 bits per heavy atom. The van der Waals surface area contributed by atoms with E-state index in [4.69, 9.17) is 4.74 Å². The van der Waals surface area contributed by atoms with Crippen LogP contribution in [0.25, 0.3) is 0 Å². The van der Waals surface area contributed by atoms with Crippen molar-refractivity contribution >= 4 is 37.8 Å². The third-order valence-electron chi connectivity index (χ3n) is 2.64. The van der Waals surface area contributed by atoms with Gasteiger partial charge in [0.25, 0.3) is 0 Å². The van der Waals surface area contributed by atoms with E-state index in [2.05, 4.69) is 31.9 Å². The summed E-state index contributed by atoms with van der Waals surface area (Å²) in [6.45, 7) is 3.90. The fourth-order valence-corrected chi connectivity index (χ4v) is 3.52. The molecule has 16 heavy (non-hydrogen) atoms. The van der Waals surface area contributed by atoms with Crippen molar-refractivity contribution in [3.8, 4) is 11.5 Å². The number of fused-ring (bicyclic) bond motifs is 1. The van der Waals surface area contributed by atoms with E-state index in [0.29, 0.717) is 21.1 Å². The maximum Gasteiger partial charge on any atom is 0.312 e. The van der Waals surface area contributed by atoms with Crippen LogP contribution < -0.4 is 4.74 Å². The van der Waals surface area contributed by atoms with Crippen molar-refractivity contribution in [3.05, 3.63) is 20.6 Å². The van der Waals surface area contributed by atoms with Gasteiger partial charge in [-0.05, 0) is 37.9 Å². The van der Waals surface area contributed by atoms with Crippen molar-refractivity contribution in [2.24, 2.45) is 0 Å². The zero-order chi connectivity index (χ0) is 12.1. The number of carbonyl (C=O) groups excluding carboxylic acids is 1. The van der Waals surface area contributed by atoms with E-state index in [-0.39, 0.29) is 17.1 Å². The Kier molecular flexibility index (Phi) is 2.78. The Labute approximate surface area is 110 Å². The van der Waals surface area contributed by atoms with Gasteiger partial charge in [0.1, 0.15) is 11.5 Å². The van der Waals surface area contributed by atoms with Gasteiger partial charge in [-0.3, -0.25) is 4.79 Å². The van der Waals surface area contributed by atoms with Crippen LogP contribution in [0, 0.1) is 0 Å². The van der Waals surface area contributed by atoms with E-state index >= 15 is 0 Å². The second kappa shape index (κ2) is 3.74. The molecule has 0 radical (unpaired) electrons. The molecular weight excluding hydrogens is 340 g/mol. The van der Waals surface area contributed by atoms with Crippen LogP contribution >= 0.6 is 31.9 Å². The minimum absolute atomic E-state index is 0.129. The number of phenols is 1. The van der Waals surface area contributed by atoms with E-state index in [1.54, 1.807) is 6.07 Å². The van der Waals surface area contributed by atoms with Crippen LogP contribution in [0.1, 0.15) is 25.8 Å². The van der Waals surface area contributed by atoms with Crippen molar-refractivity contribution in [1.82, 2.24) is 0 Å². The summed E-state index contributed by atoms with van der Waals surface area (Å²) in [5.74, 6) is 0.379. The smallest absolute Gasteiger partial charge is 0.312 e. The molecule has 0 aromatic heterocycles. The van der Waals surface area contributed by atoms with Gasteiger partial charge in [-0.2, -0.15) is 0 Å². The molecule has 2 rings (SSSR count). The minimum atomic E-state index is -0.346. The summed E-state index contributed by atoms with van der Waals surface area (Å²) in [7, 11) is 0. The highest BCUT2D eigenvalue weighted by Crippen LogP contribution is 2.49. The summed E-state index contributed by atoms with van der Waals surface area (Å²) >= 11 is 6.55. The first-order valence-corrected chi connectivity index (χ1v) is 6.33. The van der Waals surface area contributed by atoms with Gasteiger partial charge < -0.3 is 9.84 Å². The highest BCUT2D eigenvalue weighted by atomic mass is 79.9. The van der Waals surface area contributed by atoms with Gasteiger partial charge in [-0.15, -0.1) is 0 Å². The molecule has 0 fully saturated rings. The number of rotatable bonds is 0. The first-order chi connectivity index (χ1) is 7.33. The molecule has 3 nitrogen and oxygen atoms in total. The number of esters is 1. The van der Waals surface area contributed by atoms with Crippen molar-refractivity contribution < 1.29 is 14.6 Å². The monoisotopic (exact) mass is 348 g/mol. The van der Waals surface area contributed by atoms with Crippen LogP contribution in [0.4, 0.5) is 0 Å². The normalized spacial score (nSPS) is 17.9. The van der Waals surface area contributed by atoms with Gasteiger partial charge >= 0.3 is 5.97 Å². The lowest BCUT2D eigenvalue weighted by Gasteiger charge is -2.32. The summed E-state index contributed by atoms with van der Waals surface area (Å²) in [6.07, 6.45) is 0.305. The standard InChI is InChI=1S/C11H10Br2O3/c1-11(2)4-7(14)16-6-3-5(12)10(15)9(13)8(6)11/h3,15H,4H2,1-2H3. The molecule has 86 valence electrons. The minimum Gasteiger partial charge on any atom is -0.506 e. The molecule has 1 heterocycles. The molecule has 0 spiro atoms. The van der Waals surface area contributed by atoms with Crippen LogP contribution in [0.2, 0.25) is 0 Å². The summed E-state index contributed by atoms with van der Waals surface area (Å²) < 4.78 is 6.26. The van der Waals surface area contributed by atoms with Gasteiger partial charge in [0.05, 0.1) is 15.4 Å². The van der Waals surface area contributed by atoms with E-state index in [1.165, 1.54) is 0 Å². The number of carbonyl (C=O) groups is 1. The molecule has 0 bridgehead atoms. The molecule has 1 aliphatic heterocycles. The summed E-state index contributed by atoms with van der Waals surface area (Å²) in [5, 5.41) is 9.83. The van der Waals surface area contributed by atoms with Crippen molar-refractivity contribution in [2.75, 3.05) is 0 Å². The van der Waals surface area contributed by atoms with Gasteiger partial charge in [0, 0.05) is 11.0 Å². The number of phenolic OH excluding ortho intramolecular Hbond substituents is 1.